The minimum absolute atomic E-state index is 0.0847. The van der Waals surface area contributed by atoms with Gasteiger partial charge in [0, 0.05) is 30.1 Å². The maximum atomic E-state index is 12.2. The minimum atomic E-state index is -0.146. The van der Waals surface area contributed by atoms with Crippen molar-refractivity contribution in [1.29, 1.82) is 0 Å². The smallest absolute Gasteiger partial charge is 0.234 e. The van der Waals surface area contributed by atoms with Crippen molar-refractivity contribution >= 4 is 11.8 Å². The molecule has 2 amide bonds. The number of carbonyl (C=O) groups is 2. The normalized spacial score (nSPS) is 15.4. The van der Waals surface area contributed by atoms with Gasteiger partial charge in [-0.15, -0.1) is 0 Å². The van der Waals surface area contributed by atoms with E-state index in [1.54, 1.807) is 11.9 Å². The van der Waals surface area contributed by atoms with Crippen molar-refractivity contribution in [2.45, 2.75) is 52.8 Å². The average molecular weight is 377 g/mol. The van der Waals surface area contributed by atoms with Gasteiger partial charge in [0.05, 0.1) is 19.7 Å². The molecule has 0 unspecified atom stereocenters. The lowest BCUT2D eigenvalue weighted by Crippen LogP contribution is -2.42. The molecule has 0 aliphatic carbocycles. The number of likely N-dealkylation sites (N-methyl/N-ethyl adjacent to an activating group) is 1. The third-order valence-corrected chi connectivity index (χ3v) is 4.13. The van der Waals surface area contributed by atoms with E-state index in [4.69, 9.17) is 9.47 Å². The molecule has 27 heavy (non-hydrogen) atoms. The fourth-order valence-electron chi connectivity index (χ4n) is 3.07. The molecule has 1 aliphatic heterocycles. The van der Waals surface area contributed by atoms with Crippen LogP contribution in [0, 0.1) is 0 Å². The summed E-state index contributed by atoms with van der Waals surface area (Å²) < 4.78 is 11.5. The van der Waals surface area contributed by atoms with E-state index in [9.17, 15) is 9.59 Å². The summed E-state index contributed by atoms with van der Waals surface area (Å²) in [4.78, 5) is 25.7. The molecule has 7 nitrogen and oxygen atoms in total. The zero-order valence-corrected chi connectivity index (χ0v) is 16.9. The zero-order valence-electron chi connectivity index (χ0n) is 16.9. The van der Waals surface area contributed by atoms with Gasteiger partial charge in [-0.25, -0.2) is 0 Å². The van der Waals surface area contributed by atoms with Crippen LogP contribution in [-0.4, -0.2) is 55.6 Å². The van der Waals surface area contributed by atoms with Crippen molar-refractivity contribution < 1.29 is 19.1 Å². The molecule has 1 heterocycles. The number of rotatable bonds is 9. The highest BCUT2D eigenvalue weighted by Crippen LogP contribution is 2.35. The van der Waals surface area contributed by atoms with Crippen LogP contribution in [-0.2, 0) is 22.6 Å². The molecular formula is C20H31N3O4. The number of nitrogens with zero attached hydrogens (tertiary/aromatic N) is 1. The summed E-state index contributed by atoms with van der Waals surface area (Å²) in [6.45, 7) is 9.02. The number of amides is 2. The predicted octanol–water partition coefficient (Wildman–Crippen LogP) is 1.48. The lowest BCUT2D eigenvalue weighted by Gasteiger charge is -2.18. The van der Waals surface area contributed by atoms with Gasteiger partial charge in [-0.3, -0.25) is 14.5 Å². The van der Waals surface area contributed by atoms with Gasteiger partial charge in [0.25, 0.3) is 0 Å². The first kappa shape index (κ1) is 21.0. The van der Waals surface area contributed by atoms with E-state index < -0.39 is 0 Å². The highest BCUT2D eigenvalue weighted by Gasteiger charge is 2.22. The maximum absolute atomic E-state index is 12.2. The van der Waals surface area contributed by atoms with Gasteiger partial charge >= 0.3 is 0 Å². The SMILES string of the molecule is CCOc1cc2c(cc1CNC(=O)CN(C)CC(=O)NC(C)C)O[C@@H](C)C2. The van der Waals surface area contributed by atoms with Crippen molar-refractivity contribution in [3.05, 3.63) is 23.3 Å². The molecule has 7 heteroatoms. The Labute approximate surface area is 161 Å². The van der Waals surface area contributed by atoms with Crippen molar-refractivity contribution in [2.75, 3.05) is 26.7 Å². The molecule has 0 spiro atoms. The van der Waals surface area contributed by atoms with Gasteiger partial charge in [0.1, 0.15) is 17.6 Å². The summed E-state index contributed by atoms with van der Waals surface area (Å²) >= 11 is 0. The van der Waals surface area contributed by atoms with Crippen molar-refractivity contribution in [2.24, 2.45) is 0 Å². The number of hydrogen-bond donors (Lipinski definition) is 2. The number of fused-ring (bicyclic) bond motifs is 1. The van der Waals surface area contributed by atoms with E-state index in [1.165, 1.54) is 0 Å². The van der Waals surface area contributed by atoms with Crippen molar-refractivity contribution in [1.82, 2.24) is 15.5 Å². The average Bonchev–Trinajstić information content (AvgIpc) is 2.90. The standard InChI is InChI=1S/C20H31N3O4/c1-6-26-17-8-15-7-14(4)27-18(15)9-16(17)10-21-19(24)11-23(5)12-20(25)22-13(2)3/h8-9,13-14H,6-7,10-12H2,1-5H3,(H,21,24)(H,22,25)/t14-/m0/s1. The molecule has 0 saturated heterocycles. The largest absolute Gasteiger partial charge is 0.494 e. The van der Waals surface area contributed by atoms with Gasteiger partial charge in [-0.05, 0) is 46.9 Å². The van der Waals surface area contributed by atoms with E-state index in [-0.39, 0.29) is 37.0 Å². The molecular weight excluding hydrogens is 346 g/mol. The summed E-state index contributed by atoms with van der Waals surface area (Å²) in [5.74, 6) is 1.40. The van der Waals surface area contributed by atoms with Gasteiger partial charge < -0.3 is 20.1 Å². The molecule has 0 bridgehead atoms. The third-order valence-electron chi connectivity index (χ3n) is 4.13. The number of benzene rings is 1. The number of hydrogen-bond acceptors (Lipinski definition) is 5. The van der Waals surface area contributed by atoms with Crippen LogP contribution < -0.4 is 20.1 Å². The van der Waals surface area contributed by atoms with E-state index in [1.807, 2.05) is 39.8 Å². The maximum Gasteiger partial charge on any atom is 0.234 e. The first-order chi connectivity index (χ1) is 12.8. The van der Waals surface area contributed by atoms with Crippen LogP contribution in [0.1, 0.15) is 38.8 Å². The Hall–Kier alpha value is -2.28. The second-order valence-corrected chi connectivity index (χ2v) is 7.30. The molecule has 1 aliphatic rings. The molecule has 0 aromatic heterocycles. The molecule has 0 saturated carbocycles. The zero-order chi connectivity index (χ0) is 20.0. The minimum Gasteiger partial charge on any atom is -0.494 e. The van der Waals surface area contributed by atoms with Crippen LogP contribution in [0.15, 0.2) is 12.1 Å². The Morgan fingerprint density at radius 2 is 2.00 bits per heavy atom. The Balaban J connectivity index is 1.91. The van der Waals surface area contributed by atoms with E-state index in [0.717, 1.165) is 29.0 Å². The Bertz CT molecular complexity index is 675. The van der Waals surface area contributed by atoms with Crippen LogP contribution in [0.3, 0.4) is 0 Å². The van der Waals surface area contributed by atoms with Crippen LogP contribution in [0.5, 0.6) is 11.5 Å². The number of carbonyl (C=O) groups excluding carboxylic acids is 2. The van der Waals surface area contributed by atoms with Gasteiger partial charge in [0.15, 0.2) is 0 Å². The number of ether oxygens (including phenoxy) is 2. The van der Waals surface area contributed by atoms with Gasteiger partial charge in [-0.2, -0.15) is 0 Å². The Morgan fingerprint density at radius 1 is 1.30 bits per heavy atom. The lowest BCUT2D eigenvalue weighted by molar-refractivity contribution is -0.124. The quantitative estimate of drug-likeness (QED) is 0.681. The number of nitrogens with one attached hydrogen (secondary N) is 2. The van der Waals surface area contributed by atoms with E-state index in [0.29, 0.717) is 13.2 Å². The first-order valence-corrected chi connectivity index (χ1v) is 9.48. The second kappa shape index (κ2) is 9.60. The van der Waals surface area contributed by atoms with E-state index in [2.05, 4.69) is 10.6 Å². The molecule has 1 aromatic rings. The molecule has 0 fully saturated rings. The fourth-order valence-corrected chi connectivity index (χ4v) is 3.07. The fraction of sp³-hybridized carbons (Fsp3) is 0.600. The van der Waals surface area contributed by atoms with Crippen LogP contribution in [0.4, 0.5) is 0 Å². The van der Waals surface area contributed by atoms with E-state index >= 15 is 0 Å². The Morgan fingerprint density at radius 3 is 2.67 bits per heavy atom. The summed E-state index contributed by atoms with van der Waals surface area (Å²) in [6, 6.07) is 4.04. The Kier molecular flexibility index (Phi) is 7.47. The van der Waals surface area contributed by atoms with Crippen LogP contribution in [0.25, 0.3) is 0 Å². The van der Waals surface area contributed by atoms with Crippen LogP contribution >= 0.6 is 0 Å². The van der Waals surface area contributed by atoms with Crippen LogP contribution in [0.2, 0.25) is 0 Å². The molecule has 1 aromatic carbocycles. The monoisotopic (exact) mass is 377 g/mol. The summed E-state index contributed by atoms with van der Waals surface area (Å²) in [6.07, 6.45) is 1.02. The summed E-state index contributed by atoms with van der Waals surface area (Å²) in [5.41, 5.74) is 2.02. The lowest BCUT2D eigenvalue weighted by atomic mass is 10.1. The van der Waals surface area contributed by atoms with Gasteiger partial charge in [-0.1, -0.05) is 0 Å². The summed E-state index contributed by atoms with van der Waals surface area (Å²) in [7, 11) is 1.75. The van der Waals surface area contributed by atoms with Crippen molar-refractivity contribution in [3.63, 3.8) is 0 Å². The topological polar surface area (TPSA) is 79.9 Å². The van der Waals surface area contributed by atoms with Crippen molar-refractivity contribution in [3.8, 4) is 11.5 Å². The van der Waals surface area contributed by atoms with Gasteiger partial charge in [0.2, 0.25) is 11.8 Å². The second-order valence-electron chi connectivity index (χ2n) is 7.30. The molecule has 1 atom stereocenters. The predicted molar refractivity (Wildman–Crippen MR) is 104 cm³/mol. The molecule has 2 N–H and O–H groups in total. The summed E-state index contributed by atoms with van der Waals surface area (Å²) in [5, 5.41) is 5.71. The highest BCUT2D eigenvalue weighted by atomic mass is 16.5. The first-order valence-electron chi connectivity index (χ1n) is 9.48. The highest BCUT2D eigenvalue weighted by molar-refractivity contribution is 5.81. The molecule has 0 radical (unpaired) electrons. The molecule has 2 rings (SSSR count). The molecule has 150 valence electrons. The third kappa shape index (κ3) is 6.43.